The molecule has 4 nitrogen and oxygen atoms in total. The van der Waals surface area contributed by atoms with E-state index in [9.17, 15) is 4.79 Å². The van der Waals surface area contributed by atoms with E-state index in [1.54, 1.807) is 0 Å². The Morgan fingerprint density at radius 2 is 1.74 bits per heavy atom. The van der Waals surface area contributed by atoms with Crippen molar-refractivity contribution in [1.29, 1.82) is 0 Å². The third kappa shape index (κ3) is 3.07. The summed E-state index contributed by atoms with van der Waals surface area (Å²) in [4.78, 5) is 12.5. The number of hydrogen-bond acceptors (Lipinski definition) is 4. The minimum atomic E-state index is -1.93. The average Bonchev–Trinajstić information content (AvgIpc) is 3.10. The van der Waals surface area contributed by atoms with Crippen LogP contribution in [0.5, 0.6) is 0 Å². The Morgan fingerprint density at radius 3 is 2.35 bits per heavy atom. The van der Waals surface area contributed by atoms with Gasteiger partial charge < -0.3 is 13.9 Å². The molecule has 4 rings (SSSR count). The topological polar surface area (TPSA) is 44.8 Å². The second kappa shape index (κ2) is 7.63. The van der Waals surface area contributed by atoms with Gasteiger partial charge in [-0.15, -0.1) is 0 Å². The van der Waals surface area contributed by atoms with Gasteiger partial charge >= 0.3 is 6.16 Å². The highest BCUT2D eigenvalue weighted by molar-refractivity contribution is 6.73. The van der Waals surface area contributed by atoms with Crippen LogP contribution in [0, 0.1) is 5.41 Å². The minimum Gasteiger partial charge on any atom is -0.422 e. The maximum atomic E-state index is 12.5. The van der Waals surface area contributed by atoms with Gasteiger partial charge in [0, 0.05) is 11.0 Å². The predicted octanol–water partition coefficient (Wildman–Crippen LogP) is 7.40. The monoisotopic (exact) mass is 440 g/mol. The Morgan fingerprint density at radius 1 is 1.13 bits per heavy atom. The fraction of sp³-hybridized carbons (Fsp3) is 0.577. The van der Waals surface area contributed by atoms with Crippen LogP contribution in [0.15, 0.2) is 47.6 Å². The molecule has 2 bridgehead atoms. The highest BCUT2D eigenvalue weighted by Gasteiger charge is 2.65. The van der Waals surface area contributed by atoms with Gasteiger partial charge in [-0.3, -0.25) is 0 Å². The van der Waals surface area contributed by atoms with Gasteiger partial charge in [-0.1, -0.05) is 71.0 Å². The summed E-state index contributed by atoms with van der Waals surface area (Å²) in [5.74, 6) is 0. The molecule has 1 saturated heterocycles. The van der Waals surface area contributed by atoms with E-state index in [1.165, 1.54) is 11.1 Å². The molecule has 1 aliphatic heterocycles. The third-order valence-corrected chi connectivity index (χ3v) is 13.0. The second-order valence-corrected chi connectivity index (χ2v) is 14.6. The maximum absolute atomic E-state index is 12.5. The molecular weight excluding hydrogens is 404 g/mol. The van der Waals surface area contributed by atoms with Crippen LogP contribution in [-0.2, 0) is 13.9 Å². The van der Waals surface area contributed by atoms with Crippen LogP contribution in [0.1, 0.15) is 77.7 Å². The molecule has 1 heterocycles. The fourth-order valence-electron chi connectivity index (χ4n) is 6.29. The smallest absolute Gasteiger partial charge is 0.422 e. The van der Waals surface area contributed by atoms with Crippen LogP contribution in [-0.4, -0.2) is 20.1 Å². The number of ether oxygens (including phenoxy) is 2. The van der Waals surface area contributed by atoms with Crippen LogP contribution in [0.3, 0.4) is 0 Å². The molecule has 0 aromatic heterocycles. The first kappa shape index (κ1) is 22.3. The van der Waals surface area contributed by atoms with Crippen molar-refractivity contribution in [1.82, 2.24) is 0 Å². The second-order valence-electron chi connectivity index (χ2n) is 9.92. The van der Waals surface area contributed by atoms with Crippen molar-refractivity contribution in [2.45, 2.75) is 90.3 Å². The zero-order chi connectivity index (χ0) is 22.6. The number of fused-ring (bicyclic) bond motifs is 3. The van der Waals surface area contributed by atoms with Gasteiger partial charge in [-0.05, 0) is 54.6 Å². The van der Waals surface area contributed by atoms with Crippen LogP contribution >= 0.6 is 0 Å². The number of carbonyl (C=O) groups is 1. The quantitative estimate of drug-likeness (QED) is 0.353. The molecule has 3 aliphatic rings. The third-order valence-electron chi connectivity index (χ3n) is 8.38. The zero-order valence-electron chi connectivity index (χ0n) is 19.8. The molecule has 0 radical (unpaired) electrons. The van der Waals surface area contributed by atoms with E-state index in [-0.39, 0.29) is 6.10 Å². The number of allylic oxidation sites excluding steroid dienone is 1. The summed E-state index contributed by atoms with van der Waals surface area (Å²) in [6.45, 7) is 18.0. The molecule has 0 amide bonds. The van der Waals surface area contributed by atoms with Crippen molar-refractivity contribution in [3.63, 3.8) is 0 Å². The largest absolute Gasteiger partial charge is 0.509 e. The SMILES string of the molecule is C=C1C2=C(C)CC[C@]3(OC(=O)O[C@H]3c3ccccc3[C@@H]1O[Si](CC)(CC)CC)C2(C)C. The lowest BCUT2D eigenvalue weighted by Gasteiger charge is -2.52. The lowest BCUT2D eigenvalue weighted by molar-refractivity contribution is -0.0705. The van der Waals surface area contributed by atoms with Crippen LogP contribution in [0.4, 0.5) is 4.79 Å². The van der Waals surface area contributed by atoms with Gasteiger partial charge in [0.05, 0.1) is 6.10 Å². The van der Waals surface area contributed by atoms with Crippen molar-refractivity contribution in [2.75, 3.05) is 0 Å². The minimum absolute atomic E-state index is 0.234. The summed E-state index contributed by atoms with van der Waals surface area (Å²) in [6.07, 6.45) is 0.349. The molecule has 1 aromatic carbocycles. The van der Waals surface area contributed by atoms with Crippen molar-refractivity contribution in [2.24, 2.45) is 5.41 Å². The molecule has 2 aliphatic carbocycles. The first-order chi connectivity index (χ1) is 14.7. The molecule has 0 unspecified atom stereocenters. The van der Waals surface area contributed by atoms with Gasteiger partial charge in [0.15, 0.2) is 20.0 Å². The Hall–Kier alpha value is -1.85. The highest BCUT2D eigenvalue weighted by atomic mass is 28.4. The van der Waals surface area contributed by atoms with E-state index >= 15 is 0 Å². The molecule has 168 valence electrons. The lowest BCUT2D eigenvalue weighted by Crippen LogP contribution is -2.53. The lowest BCUT2D eigenvalue weighted by atomic mass is 9.56. The number of benzene rings is 1. The summed E-state index contributed by atoms with van der Waals surface area (Å²) in [6, 6.07) is 11.5. The summed E-state index contributed by atoms with van der Waals surface area (Å²) in [5, 5.41) is 0. The van der Waals surface area contributed by atoms with Crippen LogP contribution in [0.2, 0.25) is 18.1 Å². The molecule has 0 saturated carbocycles. The van der Waals surface area contributed by atoms with E-state index in [0.717, 1.165) is 47.7 Å². The van der Waals surface area contributed by atoms with E-state index in [4.69, 9.17) is 13.9 Å². The zero-order valence-corrected chi connectivity index (χ0v) is 20.8. The molecule has 31 heavy (non-hydrogen) atoms. The average molecular weight is 441 g/mol. The summed E-state index contributed by atoms with van der Waals surface area (Å²) in [5.41, 5.74) is 4.40. The first-order valence-electron chi connectivity index (χ1n) is 11.7. The number of hydrogen-bond donors (Lipinski definition) is 0. The van der Waals surface area contributed by atoms with Crippen molar-refractivity contribution in [3.8, 4) is 0 Å². The Labute approximate surface area is 187 Å². The maximum Gasteiger partial charge on any atom is 0.509 e. The summed E-state index contributed by atoms with van der Waals surface area (Å²) in [7, 11) is -1.93. The molecule has 1 fully saturated rings. The molecule has 3 atom stereocenters. The van der Waals surface area contributed by atoms with Gasteiger partial charge in [0.1, 0.15) is 0 Å². The van der Waals surface area contributed by atoms with Crippen molar-refractivity contribution in [3.05, 3.63) is 58.7 Å². The van der Waals surface area contributed by atoms with Crippen molar-refractivity contribution < 1.29 is 18.7 Å². The Kier molecular flexibility index (Phi) is 5.50. The summed E-state index contributed by atoms with van der Waals surface area (Å²) >= 11 is 0. The first-order valence-corrected chi connectivity index (χ1v) is 14.2. The van der Waals surface area contributed by atoms with Gasteiger partial charge in [-0.25, -0.2) is 4.79 Å². The van der Waals surface area contributed by atoms with Crippen LogP contribution < -0.4 is 0 Å². The van der Waals surface area contributed by atoms with E-state index < -0.39 is 31.6 Å². The fourth-order valence-corrected chi connectivity index (χ4v) is 9.06. The standard InChI is InChI=1S/C26H36O4Si/c1-8-31(9-2,10-3)30-22-18(5)21-17(4)15-16-26(25(21,6)7)23(28-24(27)29-26)20-14-12-11-13-19(20)22/h11-14,22-23H,5,8-10,15-16H2,1-4,6-7H3/t22-,23+,26-/m1/s1. The molecule has 1 spiro atoms. The number of rotatable bonds is 5. The highest BCUT2D eigenvalue weighted by Crippen LogP contribution is 2.63. The van der Waals surface area contributed by atoms with Gasteiger partial charge in [0.2, 0.25) is 0 Å². The predicted molar refractivity (Wildman–Crippen MR) is 125 cm³/mol. The molecule has 1 aromatic rings. The van der Waals surface area contributed by atoms with Crippen LogP contribution in [0.25, 0.3) is 0 Å². The number of carbonyl (C=O) groups excluding carboxylic acids is 1. The molecular formula is C26H36O4Si. The van der Waals surface area contributed by atoms with E-state index in [1.807, 2.05) is 12.1 Å². The molecule has 0 N–H and O–H groups in total. The van der Waals surface area contributed by atoms with Crippen molar-refractivity contribution >= 4 is 14.5 Å². The van der Waals surface area contributed by atoms with E-state index in [0.29, 0.717) is 0 Å². The van der Waals surface area contributed by atoms with E-state index in [2.05, 4.69) is 60.3 Å². The molecule has 5 heteroatoms. The normalized spacial score (nSPS) is 29.5. The van der Waals surface area contributed by atoms with Gasteiger partial charge in [0.25, 0.3) is 0 Å². The Balaban J connectivity index is 1.99. The summed E-state index contributed by atoms with van der Waals surface area (Å²) < 4.78 is 19.1. The Bertz CT molecular complexity index is 934. The van der Waals surface area contributed by atoms with Gasteiger partial charge in [-0.2, -0.15) is 0 Å².